The zero-order valence-electron chi connectivity index (χ0n) is 17.4. The van der Waals surface area contributed by atoms with E-state index in [1.807, 2.05) is 30.3 Å². The molecule has 0 aromatic heterocycles. The summed E-state index contributed by atoms with van der Waals surface area (Å²) in [6.07, 6.45) is 2.62. The molecule has 0 spiro atoms. The van der Waals surface area contributed by atoms with E-state index in [1.54, 1.807) is 24.3 Å². The molecule has 1 saturated heterocycles. The molecule has 32 heavy (non-hydrogen) atoms. The predicted octanol–water partition coefficient (Wildman–Crippen LogP) is 4.89. The van der Waals surface area contributed by atoms with Crippen molar-refractivity contribution in [2.45, 2.75) is 13.2 Å². The van der Waals surface area contributed by atoms with E-state index >= 15 is 0 Å². The van der Waals surface area contributed by atoms with Crippen molar-refractivity contribution in [2.24, 2.45) is 0 Å². The average Bonchev–Trinajstić information content (AvgIpc) is 2.80. The lowest BCUT2D eigenvalue weighted by Gasteiger charge is -2.27. The third kappa shape index (κ3) is 5.49. The van der Waals surface area contributed by atoms with Crippen LogP contribution in [0.4, 0.5) is 8.78 Å². The Balaban J connectivity index is 1.56. The standard InChI is InChI=1S/C25H23F2NO4/c26-25(27)32-22-8-4-2-6-19(22)10-12-24(29)31-23-11-9-18-5-1-3-7-20(18)21(23)17-28-13-15-30-16-14-28/h1-12,25H,13-17H2/b12-10+. The van der Waals surface area contributed by atoms with Gasteiger partial charge in [0.15, 0.2) is 0 Å². The number of carbonyl (C=O) groups excluding carboxylic acids is 1. The summed E-state index contributed by atoms with van der Waals surface area (Å²) < 4.78 is 40.8. The molecule has 1 fully saturated rings. The second kappa shape index (κ2) is 10.3. The minimum Gasteiger partial charge on any atom is -0.434 e. The highest BCUT2D eigenvalue weighted by atomic mass is 19.3. The normalized spacial score (nSPS) is 14.8. The first kappa shape index (κ1) is 21.9. The van der Waals surface area contributed by atoms with Crippen LogP contribution in [-0.4, -0.2) is 43.8 Å². The van der Waals surface area contributed by atoms with Crippen molar-refractivity contribution < 1.29 is 27.8 Å². The van der Waals surface area contributed by atoms with E-state index in [2.05, 4.69) is 9.64 Å². The maximum atomic E-state index is 12.6. The Labute approximate surface area is 184 Å². The van der Waals surface area contributed by atoms with Gasteiger partial charge in [-0.3, -0.25) is 4.90 Å². The number of benzene rings is 3. The van der Waals surface area contributed by atoms with Gasteiger partial charge in [-0.25, -0.2) is 4.79 Å². The van der Waals surface area contributed by atoms with Crippen molar-refractivity contribution in [3.8, 4) is 11.5 Å². The molecule has 166 valence electrons. The van der Waals surface area contributed by atoms with Gasteiger partial charge in [0, 0.05) is 36.8 Å². The van der Waals surface area contributed by atoms with E-state index < -0.39 is 12.6 Å². The molecule has 0 atom stereocenters. The van der Waals surface area contributed by atoms with E-state index in [4.69, 9.17) is 9.47 Å². The molecule has 1 aliphatic heterocycles. The minimum absolute atomic E-state index is 0.00902. The van der Waals surface area contributed by atoms with Crippen LogP contribution in [0.5, 0.6) is 11.5 Å². The molecular formula is C25H23F2NO4. The van der Waals surface area contributed by atoms with Crippen molar-refractivity contribution >= 4 is 22.8 Å². The van der Waals surface area contributed by atoms with E-state index in [0.29, 0.717) is 31.1 Å². The number of carbonyl (C=O) groups is 1. The van der Waals surface area contributed by atoms with Crippen molar-refractivity contribution in [1.82, 2.24) is 4.90 Å². The van der Waals surface area contributed by atoms with Gasteiger partial charge in [0.1, 0.15) is 11.5 Å². The summed E-state index contributed by atoms with van der Waals surface area (Å²) in [5.41, 5.74) is 1.28. The van der Waals surface area contributed by atoms with Gasteiger partial charge in [-0.15, -0.1) is 0 Å². The molecule has 4 rings (SSSR count). The molecule has 0 radical (unpaired) electrons. The van der Waals surface area contributed by atoms with Gasteiger partial charge >= 0.3 is 12.6 Å². The van der Waals surface area contributed by atoms with Crippen LogP contribution >= 0.6 is 0 Å². The molecule has 0 amide bonds. The molecule has 7 heteroatoms. The Morgan fingerprint density at radius 2 is 1.75 bits per heavy atom. The number of hydrogen-bond donors (Lipinski definition) is 0. The van der Waals surface area contributed by atoms with E-state index in [1.165, 1.54) is 18.2 Å². The number of rotatable bonds is 7. The average molecular weight is 439 g/mol. The van der Waals surface area contributed by atoms with Crippen LogP contribution in [0.3, 0.4) is 0 Å². The van der Waals surface area contributed by atoms with Crippen LogP contribution in [0.25, 0.3) is 16.8 Å². The maximum absolute atomic E-state index is 12.6. The van der Waals surface area contributed by atoms with Crippen molar-refractivity contribution in [1.29, 1.82) is 0 Å². The first-order valence-electron chi connectivity index (χ1n) is 10.3. The molecule has 0 N–H and O–H groups in total. The number of nitrogens with zero attached hydrogens (tertiary/aromatic N) is 1. The molecule has 3 aromatic rings. The van der Waals surface area contributed by atoms with E-state index in [9.17, 15) is 13.6 Å². The van der Waals surface area contributed by atoms with Crippen LogP contribution in [0.1, 0.15) is 11.1 Å². The van der Waals surface area contributed by atoms with Crippen LogP contribution < -0.4 is 9.47 Å². The van der Waals surface area contributed by atoms with E-state index in [-0.39, 0.29) is 5.75 Å². The first-order valence-corrected chi connectivity index (χ1v) is 10.3. The fraction of sp³-hybridized carbons (Fsp3) is 0.240. The number of hydrogen-bond acceptors (Lipinski definition) is 5. The summed E-state index contributed by atoms with van der Waals surface area (Å²) in [4.78, 5) is 14.8. The summed E-state index contributed by atoms with van der Waals surface area (Å²) >= 11 is 0. The Bertz CT molecular complexity index is 1110. The summed E-state index contributed by atoms with van der Waals surface area (Å²) in [7, 11) is 0. The van der Waals surface area contributed by atoms with Crippen LogP contribution in [0, 0.1) is 0 Å². The number of para-hydroxylation sites is 1. The number of halogens is 2. The van der Waals surface area contributed by atoms with E-state index in [0.717, 1.165) is 29.4 Å². The Morgan fingerprint density at radius 1 is 1.00 bits per heavy atom. The van der Waals surface area contributed by atoms with Crippen molar-refractivity contribution in [3.63, 3.8) is 0 Å². The minimum atomic E-state index is -2.95. The molecule has 0 saturated carbocycles. The number of ether oxygens (including phenoxy) is 3. The number of morpholine rings is 1. The van der Waals surface area contributed by atoms with Crippen LogP contribution in [0.2, 0.25) is 0 Å². The highest BCUT2D eigenvalue weighted by molar-refractivity contribution is 5.92. The number of alkyl halides is 2. The lowest BCUT2D eigenvalue weighted by atomic mass is 10.0. The third-order valence-corrected chi connectivity index (χ3v) is 5.23. The quantitative estimate of drug-likeness (QED) is 0.298. The second-order valence-corrected chi connectivity index (χ2v) is 7.32. The monoisotopic (exact) mass is 439 g/mol. The summed E-state index contributed by atoms with van der Waals surface area (Å²) in [5.74, 6) is -0.137. The first-order chi connectivity index (χ1) is 15.6. The van der Waals surface area contributed by atoms with Gasteiger partial charge < -0.3 is 14.2 Å². The molecule has 1 heterocycles. The molecule has 0 bridgehead atoms. The number of fused-ring (bicyclic) bond motifs is 1. The van der Waals surface area contributed by atoms with Gasteiger partial charge in [0.25, 0.3) is 0 Å². The lowest BCUT2D eigenvalue weighted by Crippen LogP contribution is -2.35. The third-order valence-electron chi connectivity index (χ3n) is 5.23. The van der Waals surface area contributed by atoms with Gasteiger partial charge in [-0.05, 0) is 29.0 Å². The Hall–Kier alpha value is -3.29. The lowest BCUT2D eigenvalue weighted by molar-refractivity contribution is -0.129. The summed E-state index contributed by atoms with van der Waals surface area (Å²) in [6.45, 7) is 0.624. The smallest absolute Gasteiger partial charge is 0.387 e. The zero-order chi connectivity index (χ0) is 22.3. The molecular weight excluding hydrogens is 416 g/mol. The van der Waals surface area contributed by atoms with Gasteiger partial charge in [0.2, 0.25) is 0 Å². The number of esters is 1. The fourth-order valence-corrected chi connectivity index (χ4v) is 3.68. The van der Waals surface area contributed by atoms with Crippen molar-refractivity contribution in [2.75, 3.05) is 26.3 Å². The predicted molar refractivity (Wildman–Crippen MR) is 118 cm³/mol. The summed E-state index contributed by atoms with van der Waals surface area (Å²) in [6, 6.07) is 17.9. The Kier molecular flexibility index (Phi) is 7.09. The largest absolute Gasteiger partial charge is 0.434 e. The molecule has 3 aromatic carbocycles. The van der Waals surface area contributed by atoms with Crippen LogP contribution in [0.15, 0.2) is 66.7 Å². The molecule has 1 aliphatic rings. The highest BCUT2D eigenvalue weighted by Gasteiger charge is 2.17. The molecule has 5 nitrogen and oxygen atoms in total. The van der Waals surface area contributed by atoms with Gasteiger partial charge in [-0.2, -0.15) is 8.78 Å². The second-order valence-electron chi connectivity index (χ2n) is 7.32. The van der Waals surface area contributed by atoms with Crippen LogP contribution in [-0.2, 0) is 16.1 Å². The Morgan fingerprint density at radius 3 is 2.56 bits per heavy atom. The SMILES string of the molecule is O=C(/C=C/c1ccccc1OC(F)F)Oc1ccc2ccccc2c1CN1CCOCC1. The zero-order valence-corrected chi connectivity index (χ0v) is 17.4. The molecule has 0 aliphatic carbocycles. The topological polar surface area (TPSA) is 48.0 Å². The van der Waals surface area contributed by atoms with Gasteiger partial charge in [-0.1, -0.05) is 48.5 Å². The summed E-state index contributed by atoms with van der Waals surface area (Å²) in [5, 5.41) is 2.08. The fourth-order valence-electron chi connectivity index (χ4n) is 3.68. The van der Waals surface area contributed by atoms with Crippen molar-refractivity contribution in [3.05, 3.63) is 77.9 Å². The maximum Gasteiger partial charge on any atom is 0.387 e. The highest BCUT2D eigenvalue weighted by Crippen LogP contribution is 2.30. The molecule has 0 unspecified atom stereocenters. The van der Waals surface area contributed by atoms with Gasteiger partial charge in [0.05, 0.1) is 13.2 Å².